The Morgan fingerprint density at radius 2 is 2.05 bits per heavy atom. The minimum atomic E-state index is -0.490. The van der Waals surface area contributed by atoms with Gasteiger partial charge in [0.15, 0.2) is 6.29 Å². The summed E-state index contributed by atoms with van der Waals surface area (Å²) in [6, 6.07) is 5.06. The van der Waals surface area contributed by atoms with Crippen molar-refractivity contribution in [3.8, 4) is 0 Å². The van der Waals surface area contributed by atoms with Crippen LogP contribution in [0.1, 0.15) is 17.9 Å². The van der Waals surface area contributed by atoms with Crippen LogP contribution in [0.15, 0.2) is 23.2 Å². The molecule has 0 aliphatic carbocycles. The lowest BCUT2D eigenvalue weighted by atomic mass is 9.94. The van der Waals surface area contributed by atoms with Gasteiger partial charge in [-0.3, -0.25) is 4.79 Å². The van der Waals surface area contributed by atoms with Crippen molar-refractivity contribution in [2.45, 2.75) is 18.6 Å². The maximum Gasteiger partial charge on any atom is 0.252 e. The molecule has 2 rings (SSSR count). The number of hydrogen-bond donors (Lipinski definition) is 0. The molecule has 0 radical (unpaired) electrons. The van der Waals surface area contributed by atoms with Gasteiger partial charge in [0.05, 0.1) is 29.2 Å². The van der Waals surface area contributed by atoms with Gasteiger partial charge in [0.25, 0.3) is 5.91 Å². The van der Waals surface area contributed by atoms with Crippen LogP contribution in [0.25, 0.3) is 0 Å². The monoisotopic (exact) mass is 301 g/mol. The molecule has 1 fully saturated rings. The van der Waals surface area contributed by atoms with Crippen LogP contribution in [0.3, 0.4) is 0 Å². The smallest absolute Gasteiger partial charge is 0.252 e. The van der Waals surface area contributed by atoms with Crippen LogP contribution in [-0.2, 0) is 14.3 Å². The normalized spacial score (nSPS) is 17.4. The fraction of sp³-hybridized carbons (Fsp3) is 0.385. The van der Waals surface area contributed by atoms with E-state index in [0.717, 1.165) is 5.56 Å². The van der Waals surface area contributed by atoms with E-state index >= 15 is 0 Å². The Hall–Kier alpha value is -0.940. The van der Waals surface area contributed by atoms with Gasteiger partial charge < -0.3 is 9.47 Å². The van der Waals surface area contributed by atoms with Crippen molar-refractivity contribution < 1.29 is 14.3 Å². The van der Waals surface area contributed by atoms with Crippen molar-refractivity contribution >= 4 is 35.8 Å². The van der Waals surface area contributed by atoms with Gasteiger partial charge in [-0.1, -0.05) is 29.3 Å². The van der Waals surface area contributed by atoms with Gasteiger partial charge in [-0.25, -0.2) is 4.99 Å². The standard InChI is InChI=1S/C13H13Cl2NO3/c1-16-13(17)9(7-12-18-4-5-19-12)8-2-3-10(14)11(15)6-8/h2-3,6,9,12H,1,4-5,7H2. The fourth-order valence-corrected chi connectivity index (χ4v) is 2.26. The highest BCUT2D eigenvalue weighted by atomic mass is 35.5. The number of halogens is 2. The van der Waals surface area contributed by atoms with E-state index < -0.39 is 12.2 Å². The number of amides is 1. The molecule has 6 heteroatoms. The van der Waals surface area contributed by atoms with E-state index in [9.17, 15) is 4.79 Å². The highest BCUT2D eigenvalue weighted by molar-refractivity contribution is 6.42. The van der Waals surface area contributed by atoms with Crippen molar-refractivity contribution in [1.82, 2.24) is 0 Å². The summed E-state index contributed by atoms with van der Waals surface area (Å²) in [5, 5.41) is 0.839. The Morgan fingerprint density at radius 3 is 2.63 bits per heavy atom. The first-order chi connectivity index (χ1) is 9.11. The molecule has 1 amide bonds. The Labute approximate surface area is 121 Å². The molecule has 19 heavy (non-hydrogen) atoms. The van der Waals surface area contributed by atoms with E-state index in [1.165, 1.54) is 0 Å². The first-order valence-electron chi connectivity index (χ1n) is 5.80. The Balaban J connectivity index is 2.22. The number of rotatable bonds is 4. The molecular weight excluding hydrogens is 289 g/mol. The van der Waals surface area contributed by atoms with E-state index in [1.54, 1.807) is 18.2 Å². The fourth-order valence-electron chi connectivity index (χ4n) is 1.95. The number of hydrogen-bond acceptors (Lipinski definition) is 3. The number of aliphatic imine (C=N–C) groups is 1. The van der Waals surface area contributed by atoms with Gasteiger partial charge in [-0.15, -0.1) is 0 Å². The zero-order chi connectivity index (χ0) is 13.8. The molecular formula is C13H13Cl2NO3. The van der Waals surface area contributed by atoms with Crippen molar-refractivity contribution in [3.63, 3.8) is 0 Å². The SMILES string of the molecule is C=NC(=O)C(CC1OCCO1)c1ccc(Cl)c(Cl)c1. The Kier molecular flexibility index (Phi) is 4.93. The molecule has 1 heterocycles. The van der Waals surface area contributed by atoms with E-state index in [1.807, 2.05) is 0 Å². The van der Waals surface area contributed by atoms with Gasteiger partial charge in [-0.2, -0.15) is 0 Å². The summed E-state index contributed by atoms with van der Waals surface area (Å²) < 4.78 is 10.7. The van der Waals surface area contributed by atoms with E-state index in [-0.39, 0.29) is 5.91 Å². The van der Waals surface area contributed by atoms with E-state index in [2.05, 4.69) is 11.7 Å². The lowest BCUT2D eigenvalue weighted by Gasteiger charge is -2.17. The van der Waals surface area contributed by atoms with Crippen molar-refractivity contribution in [3.05, 3.63) is 33.8 Å². The third kappa shape index (κ3) is 3.54. The summed E-state index contributed by atoms with van der Waals surface area (Å²) >= 11 is 11.8. The predicted molar refractivity (Wildman–Crippen MR) is 74.1 cm³/mol. The molecule has 0 spiro atoms. The first kappa shape index (κ1) is 14.5. The molecule has 1 saturated heterocycles. The first-order valence-corrected chi connectivity index (χ1v) is 6.56. The van der Waals surface area contributed by atoms with Gasteiger partial charge in [0, 0.05) is 6.42 Å². The summed E-state index contributed by atoms with van der Waals surface area (Å²) in [5.41, 5.74) is 0.728. The highest BCUT2D eigenvalue weighted by Gasteiger charge is 2.27. The van der Waals surface area contributed by atoms with E-state index in [0.29, 0.717) is 29.7 Å². The third-order valence-electron chi connectivity index (χ3n) is 2.92. The topological polar surface area (TPSA) is 47.9 Å². The van der Waals surface area contributed by atoms with Gasteiger partial charge in [0.1, 0.15) is 0 Å². The van der Waals surface area contributed by atoms with Crippen LogP contribution >= 0.6 is 23.2 Å². The van der Waals surface area contributed by atoms with Crippen LogP contribution in [0.4, 0.5) is 0 Å². The second-order valence-electron chi connectivity index (χ2n) is 4.13. The second kappa shape index (κ2) is 6.48. The highest BCUT2D eigenvalue weighted by Crippen LogP contribution is 2.31. The van der Waals surface area contributed by atoms with Crippen LogP contribution in [-0.4, -0.2) is 32.1 Å². The number of nitrogens with zero attached hydrogens (tertiary/aromatic N) is 1. The second-order valence-corrected chi connectivity index (χ2v) is 4.94. The third-order valence-corrected chi connectivity index (χ3v) is 3.66. The molecule has 0 aromatic heterocycles. The van der Waals surface area contributed by atoms with Gasteiger partial charge >= 0.3 is 0 Å². The molecule has 0 N–H and O–H groups in total. The predicted octanol–water partition coefficient (Wildman–Crippen LogP) is 3.07. The summed E-state index contributed by atoms with van der Waals surface area (Å²) in [6.07, 6.45) is -0.0133. The lowest BCUT2D eigenvalue weighted by molar-refractivity contribution is -0.122. The van der Waals surface area contributed by atoms with Crippen molar-refractivity contribution in [1.29, 1.82) is 0 Å². The van der Waals surface area contributed by atoms with Crippen LogP contribution in [0.2, 0.25) is 10.0 Å². The average Bonchev–Trinajstić information content (AvgIpc) is 2.91. The molecule has 1 aromatic rings. The molecule has 0 saturated carbocycles. The Bertz CT molecular complexity index is 487. The molecule has 1 unspecified atom stereocenters. The van der Waals surface area contributed by atoms with E-state index in [4.69, 9.17) is 32.7 Å². The summed E-state index contributed by atoms with van der Waals surface area (Å²) in [5.74, 6) is -0.826. The van der Waals surface area contributed by atoms with Gasteiger partial charge in [0.2, 0.25) is 0 Å². The maximum atomic E-state index is 11.9. The van der Waals surface area contributed by atoms with Gasteiger partial charge in [-0.05, 0) is 24.4 Å². The number of benzene rings is 1. The largest absolute Gasteiger partial charge is 0.350 e. The molecule has 1 aliphatic rings. The zero-order valence-corrected chi connectivity index (χ0v) is 11.7. The number of carbonyl (C=O) groups excluding carboxylic acids is 1. The summed E-state index contributed by atoms with van der Waals surface area (Å²) in [6.45, 7) is 4.35. The molecule has 4 nitrogen and oxygen atoms in total. The number of ether oxygens (including phenoxy) is 2. The minimum absolute atomic E-state index is 0.336. The van der Waals surface area contributed by atoms with Crippen LogP contribution in [0, 0.1) is 0 Å². The average molecular weight is 302 g/mol. The molecule has 1 atom stereocenters. The minimum Gasteiger partial charge on any atom is -0.350 e. The summed E-state index contributed by atoms with van der Waals surface area (Å²) in [4.78, 5) is 15.4. The lowest BCUT2D eigenvalue weighted by Crippen LogP contribution is -2.19. The molecule has 1 aromatic carbocycles. The Morgan fingerprint density at radius 1 is 1.37 bits per heavy atom. The van der Waals surface area contributed by atoms with Crippen molar-refractivity contribution in [2.75, 3.05) is 13.2 Å². The van der Waals surface area contributed by atoms with Crippen LogP contribution in [0.5, 0.6) is 0 Å². The number of carbonyl (C=O) groups is 1. The quantitative estimate of drug-likeness (QED) is 0.803. The molecule has 102 valence electrons. The summed E-state index contributed by atoms with van der Waals surface area (Å²) in [7, 11) is 0. The van der Waals surface area contributed by atoms with Crippen LogP contribution < -0.4 is 0 Å². The molecule has 0 bridgehead atoms. The zero-order valence-electron chi connectivity index (χ0n) is 10.1. The van der Waals surface area contributed by atoms with Crippen molar-refractivity contribution in [2.24, 2.45) is 4.99 Å². The maximum absolute atomic E-state index is 11.9. The molecule has 1 aliphatic heterocycles.